The number of hydrogen-bond acceptors (Lipinski definition) is 6. The van der Waals surface area contributed by atoms with E-state index in [1.807, 2.05) is 13.0 Å². The highest BCUT2D eigenvalue weighted by Gasteiger charge is 2.14. The van der Waals surface area contributed by atoms with Crippen molar-refractivity contribution in [1.82, 2.24) is 9.66 Å². The van der Waals surface area contributed by atoms with Crippen molar-refractivity contribution >= 4 is 44.6 Å². The topological polar surface area (TPSA) is 94.8 Å². The van der Waals surface area contributed by atoms with Crippen LogP contribution in [0.4, 0.5) is 10.1 Å². The molecule has 0 aliphatic heterocycles. The molecular formula is C26H22BrFN4O4. The van der Waals surface area contributed by atoms with E-state index in [0.29, 0.717) is 40.1 Å². The normalized spacial score (nSPS) is 11.1. The highest BCUT2D eigenvalue weighted by Crippen LogP contribution is 2.30. The summed E-state index contributed by atoms with van der Waals surface area (Å²) in [7, 11) is 1.47. The molecule has 0 spiro atoms. The molecule has 0 bridgehead atoms. The molecule has 10 heteroatoms. The number of methoxy groups -OCH3 is 1. The van der Waals surface area contributed by atoms with Gasteiger partial charge in [-0.2, -0.15) is 9.78 Å². The summed E-state index contributed by atoms with van der Waals surface area (Å²) in [6, 6.07) is 16.0. The van der Waals surface area contributed by atoms with Crippen molar-refractivity contribution in [3.8, 4) is 11.5 Å². The SMILES string of the molecule is CCc1nc2ccc(Br)cc2c(=O)n1N=Cc1cccc(OC)c1OCC(=O)Nc1cccc(F)c1. The Kier molecular flexibility index (Phi) is 7.74. The molecule has 1 amide bonds. The average molecular weight is 553 g/mol. The van der Waals surface area contributed by atoms with Crippen LogP contribution < -0.4 is 20.3 Å². The van der Waals surface area contributed by atoms with Crippen LogP contribution in [0, 0.1) is 5.82 Å². The molecule has 0 unspecified atom stereocenters. The van der Waals surface area contributed by atoms with Crippen molar-refractivity contribution in [3.63, 3.8) is 0 Å². The Morgan fingerprint density at radius 3 is 2.75 bits per heavy atom. The Labute approximate surface area is 214 Å². The summed E-state index contributed by atoms with van der Waals surface area (Å²) in [6.07, 6.45) is 1.94. The number of nitrogens with zero attached hydrogens (tertiary/aromatic N) is 3. The molecule has 4 aromatic rings. The van der Waals surface area contributed by atoms with Crippen LogP contribution in [0.2, 0.25) is 0 Å². The largest absolute Gasteiger partial charge is 0.493 e. The van der Waals surface area contributed by atoms with E-state index in [4.69, 9.17) is 9.47 Å². The van der Waals surface area contributed by atoms with Gasteiger partial charge < -0.3 is 14.8 Å². The van der Waals surface area contributed by atoms with E-state index in [2.05, 4.69) is 31.3 Å². The van der Waals surface area contributed by atoms with Crippen molar-refractivity contribution in [2.24, 2.45) is 5.10 Å². The van der Waals surface area contributed by atoms with Gasteiger partial charge in [-0.1, -0.05) is 35.0 Å². The summed E-state index contributed by atoms with van der Waals surface area (Å²) in [5.41, 5.74) is 1.07. The van der Waals surface area contributed by atoms with Gasteiger partial charge in [-0.25, -0.2) is 9.37 Å². The monoisotopic (exact) mass is 552 g/mol. The highest BCUT2D eigenvalue weighted by molar-refractivity contribution is 9.10. The fourth-order valence-electron chi connectivity index (χ4n) is 3.51. The number of fused-ring (bicyclic) bond motifs is 1. The van der Waals surface area contributed by atoms with Gasteiger partial charge in [-0.05, 0) is 48.5 Å². The molecule has 0 saturated heterocycles. The molecule has 4 rings (SSSR count). The number of rotatable bonds is 8. The van der Waals surface area contributed by atoms with Crippen LogP contribution in [0.15, 0.2) is 75.0 Å². The Morgan fingerprint density at radius 2 is 2.00 bits per heavy atom. The highest BCUT2D eigenvalue weighted by atomic mass is 79.9. The summed E-state index contributed by atoms with van der Waals surface area (Å²) < 4.78 is 26.5. The molecule has 0 aliphatic rings. The Morgan fingerprint density at radius 1 is 1.19 bits per heavy atom. The van der Waals surface area contributed by atoms with Gasteiger partial charge in [0, 0.05) is 22.1 Å². The second-order valence-corrected chi connectivity index (χ2v) is 8.55. The number of para-hydroxylation sites is 1. The number of nitrogens with one attached hydrogen (secondary N) is 1. The molecule has 36 heavy (non-hydrogen) atoms. The molecule has 0 saturated carbocycles. The van der Waals surface area contributed by atoms with E-state index < -0.39 is 11.7 Å². The van der Waals surface area contributed by atoms with Crippen molar-refractivity contribution in [1.29, 1.82) is 0 Å². The molecule has 0 aliphatic carbocycles. The molecule has 184 valence electrons. The van der Waals surface area contributed by atoms with Crippen molar-refractivity contribution in [2.45, 2.75) is 13.3 Å². The average Bonchev–Trinajstić information content (AvgIpc) is 2.87. The standard InChI is InChI=1S/C26H22BrFN4O4/c1-3-23-31-21-11-10-17(27)12-20(21)26(34)32(23)29-14-16-6-4-9-22(35-2)25(16)36-15-24(33)30-19-8-5-7-18(28)13-19/h4-14H,3,15H2,1-2H3,(H,30,33). The number of aromatic nitrogens is 2. The minimum absolute atomic E-state index is 0.265. The molecule has 8 nitrogen and oxygen atoms in total. The molecule has 0 radical (unpaired) electrons. The number of carbonyl (C=O) groups excluding carboxylic acids is 1. The zero-order valence-corrected chi connectivity index (χ0v) is 21.1. The minimum atomic E-state index is -0.483. The molecule has 0 atom stereocenters. The second-order valence-electron chi connectivity index (χ2n) is 7.63. The number of ether oxygens (including phenoxy) is 2. The lowest BCUT2D eigenvalue weighted by Gasteiger charge is -2.13. The van der Waals surface area contributed by atoms with E-state index in [0.717, 1.165) is 4.47 Å². The maximum atomic E-state index is 13.4. The van der Waals surface area contributed by atoms with Crippen LogP contribution in [-0.4, -0.2) is 35.5 Å². The van der Waals surface area contributed by atoms with Gasteiger partial charge in [0.1, 0.15) is 11.6 Å². The molecule has 1 aromatic heterocycles. The van der Waals surface area contributed by atoms with Gasteiger partial charge in [0.15, 0.2) is 18.1 Å². The van der Waals surface area contributed by atoms with Crippen LogP contribution in [0.3, 0.4) is 0 Å². The minimum Gasteiger partial charge on any atom is -0.493 e. The maximum Gasteiger partial charge on any atom is 0.282 e. The van der Waals surface area contributed by atoms with Crippen LogP contribution >= 0.6 is 15.9 Å². The molecule has 0 fully saturated rings. The zero-order valence-electron chi connectivity index (χ0n) is 19.5. The van der Waals surface area contributed by atoms with Gasteiger partial charge >= 0.3 is 0 Å². The lowest BCUT2D eigenvalue weighted by molar-refractivity contribution is -0.118. The van der Waals surface area contributed by atoms with Crippen molar-refractivity contribution < 1.29 is 18.7 Å². The van der Waals surface area contributed by atoms with Gasteiger partial charge in [0.05, 0.1) is 24.2 Å². The van der Waals surface area contributed by atoms with Crippen LogP contribution in [0.1, 0.15) is 18.3 Å². The fraction of sp³-hybridized carbons (Fsp3) is 0.154. The number of carbonyl (C=O) groups is 1. The van der Waals surface area contributed by atoms with Gasteiger partial charge in [-0.15, -0.1) is 0 Å². The number of amides is 1. The number of aryl methyl sites for hydroxylation is 1. The molecule has 1 N–H and O–H groups in total. The number of halogens is 2. The third-order valence-electron chi connectivity index (χ3n) is 5.19. The Balaban J connectivity index is 1.63. The summed E-state index contributed by atoms with van der Waals surface area (Å²) in [5.74, 6) is 0.185. The van der Waals surface area contributed by atoms with E-state index >= 15 is 0 Å². The summed E-state index contributed by atoms with van der Waals surface area (Å²) in [5, 5.41) is 7.39. The van der Waals surface area contributed by atoms with Crippen LogP contribution in [0.25, 0.3) is 10.9 Å². The molecule has 3 aromatic carbocycles. The van der Waals surface area contributed by atoms with E-state index in [9.17, 15) is 14.0 Å². The summed E-state index contributed by atoms with van der Waals surface area (Å²) in [4.78, 5) is 30.1. The predicted octanol–water partition coefficient (Wildman–Crippen LogP) is 4.77. The lowest BCUT2D eigenvalue weighted by Crippen LogP contribution is -2.22. The third kappa shape index (κ3) is 5.60. The molecular weight excluding hydrogens is 531 g/mol. The van der Waals surface area contributed by atoms with Crippen LogP contribution in [-0.2, 0) is 11.2 Å². The van der Waals surface area contributed by atoms with Crippen LogP contribution in [0.5, 0.6) is 11.5 Å². The lowest BCUT2D eigenvalue weighted by atomic mass is 10.2. The Bertz CT molecular complexity index is 1520. The van der Waals surface area contributed by atoms with Gasteiger partial charge in [0.2, 0.25) is 0 Å². The van der Waals surface area contributed by atoms with E-state index in [1.54, 1.807) is 36.4 Å². The fourth-order valence-corrected chi connectivity index (χ4v) is 3.87. The first-order valence-electron chi connectivity index (χ1n) is 11.0. The first kappa shape index (κ1) is 25.1. The number of benzene rings is 3. The summed E-state index contributed by atoms with van der Waals surface area (Å²) >= 11 is 3.39. The molecule has 1 heterocycles. The summed E-state index contributed by atoms with van der Waals surface area (Å²) in [6.45, 7) is 1.53. The zero-order chi connectivity index (χ0) is 25.7. The quantitative estimate of drug-likeness (QED) is 0.318. The maximum absolute atomic E-state index is 13.4. The first-order valence-corrected chi connectivity index (χ1v) is 11.8. The van der Waals surface area contributed by atoms with Gasteiger partial charge in [-0.3, -0.25) is 9.59 Å². The number of anilines is 1. The van der Waals surface area contributed by atoms with E-state index in [-0.39, 0.29) is 17.9 Å². The third-order valence-corrected chi connectivity index (χ3v) is 5.68. The van der Waals surface area contributed by atoms with Crippen molar-refractivity contribution in [2.75, 3.05) is 19.0 Å². The predicted molar refractivity (Wildman–Crippen MR) is 140 cm³/mol. The number of hydrogen-bond donors (Lipinski definition) is 1. The van der Waals surface area contributed by atoms with E-state index in [1.165, 1.54) is 36.2 Å². The smallest absolute Gasteiger partial charge is 0.282 e. The Hall–Kier alpha value is -4.05. The second kappa shape index (κ2) is 11.1. The van der Waals surface area contributed by atoms with Crippen molar-refractivity contribution in [3.05, 3.63) is 92.7 Å². The first-order chi connectivity index (χ1) is 17.4. The van der Waals surface area contributed by atoms with Gasteiger partial charge in [0.25, 0.3) is 11.5 Å².